The molecule has 0 bridgehead atoms. The van der Waals surface area contributed by atoms with Crippen molar-refractivity contribution in [2.45, 2.75) is 44.8 Å². The highest BCUT2D eigenvalue weighted by molar-refractivity contribution is 7.14. The summed E-state index contributed by atoms with van der Waals surface area (Å²) in [5.41, 5.74) is 1.23. The molecule has 4 rings (SSSR count). The first kappa shape index (κ1) is 28.2. The van der Waals surface area contributed by atoms with Crippen LogP contribution in [0.3, 0.4) is 0 Å². The molecular weight excluding hydrogens is 530 g/mol. The van der Waals surface area contributed by atoms with Gasteiger partial charge < -0.3 is 19.3 Å². The Morgan fingerprint density at radius 1 is 1.15 bits per heavy atom. The first-order valence-corrected chi connectivity index (χ1v) is 13.2. The van der Waals surface area contributed by atoms with E-state index in [2.05, 4.69) is 15.0 Å². The Kier molecular flexibility index (Phi) is 9.26. The molecule has 11 heteroatoms. The first-order valence-electron chi connectivity index (χ1n) is 12.3. The van der Waals surface area contributed by atoms with Gasteiger partial charge >= 0.3 is 5.97 Å². The highest BCUT2D eigenvalue weighted by atomic mass is 32.1. The van der Waals surface area contributed by atoms with Gasteiger partial charge in [-0.25, -0.2) is 18.6 Å². The van der Waals surface area contributed by atoms with Crippen LogP contribution in [0, 0.1) is 11.6 Å². The largest absolute Gasteiger partial charge is 0.496 e. The summed E-state index contributed by atoms with van der Waals surface area (Å²) in [4.78, 5) is 28.3. The Hall–Kier alpha value is -3.83. The molecule has 1 saturated carbocycles. The number of thiazole rings is 1. The lowest BCUT2D eigenvalue weighted by molar-refractivity contribution is -0.135. The maximum atomic E-state index is 14.5. The minimum Gasteiger partial charge on any atom is -0.496 e. The second-order valence-corrected chi connectivity index (χ2v) is 9.79. The average Bonchev–Trinajstić information content (AvgIpc) is 3.39. The summed E-state index contributed by atoms with van der Waals surface area (Å²) in [7, 11) is 2.64. The summed E-state index contributed by atoms with van der Waals surface area (Å²) in [5.74, 6) is -4.53. The lowest BCUT2D eigenvalue weighted by Gasteiger charge is -2.22. The van der Waals surface area contributed by atoms with Gasteiger partial charge in [0, 0.05) is 33.7 Å². The number of amides is 1. The molecule has 1 aliphatic carbocycles. The first-order chi connectivity index (χ1) is 18.8. The molecule has 1 amide bonds. The number of ether oxygens (including phenoxy) is 3. The number of carboxylic acids is 1. The van der Waals surface area contributed by atoms with Gasteiger partial charge in [-0.3, -0.25) is 10.1 Å². The van der Waals surface area contributed by atoms with Gasteiger partial charge in [0.15, 0.2) is 5.13 Å². The summed E-state index contributed by atoms with van der Waals surface area (Å²) in [5, 5.41) is 13.5. The van der Waals surface area contributed by atoms with E-state index in [1.165, 1.54) is 19.3 Å². The van der Waals surface area contributed by atoms with Crippen molar-refractivity contribution in [3.63, 3.8) is 0 Å². The molecule has 0 atom stereocenters. The normalized spacial score (nSPS) is 14.2. The topological polar surface area (TPSA) is 107 Å². The predicted octanol–water partition coefficient (Wildman–Crippen LogP) is 6.27. The number of carboxylic acid groups (broad SMARTS) is 1. The number of hydrogen-bond acceptors (Lipinski definition) is 7. The molecule has 1 aliphatic rings. The van der Waals surface area contributed by atoms with Crippen molar-refractivity contribution in [2.24, 2.45) is 0 Å². The molecule has 206 valence electrons. The standard InChI is InChI=1S/C28H28F2N2O6S/c1-36-24(27(34)35)13-20-21(29)11-17(12-22(20)30)26(33)32-28-31-23(15-39-28)19-10-6-7-16(25(19)37-2)14-38-18-8-4-3-5-9-18/h6-7,10-13,15,18H,3-5,8-9,14H2,1-2H3,(H,34,35)(H,31,32,33)/b24-13-. The van der Waals surface area contributed by atoms with E-state index >= 15 is 0 Å². The highest BCUT2D eigenvalue weighted by Gasteiger charge is 2.20. The number of hydrogen-bond donors (Lipinski definition) is 2. The van der Waals surface area contributed by atoms with E-state index < -0.39 is 34.8 Å². The van der Waals surface area contributed by atoms with Crippen molar-refractivity contribution in [2.75, 3.05) is 19.5 Å². The third-order valence-electron chi connectivity index (χ3n) is 6.38. The van der Waals surface area contributed by atoms with Gasteiger partial charge in [-0.2, -0.15) is 0 Å². The molecule has 2 aromatic carbocycles. The number of benzene rings is 2. The molecule has 39 heavy (non-hydrogen) atoms. The minimum absolute atomic E-state index is 0.221. The maximum absolute atomic E-state index is 14.5. The number of rotatable bonds is 10. The van der Waals surface area contributed by atoms with Crippen LogP contribution in [0.5, 0.6) is 5.75 Å². The molecule has 1 heterocycles. The van der Waals surface area contributed by atoms with E-state index in [0.717, 1.165) is 54.5 Å². The zero-order valence-corrected chi connectivity index (χ0v) is 22.3. The van der Waals surface area contributed by atoms with Crippen LogP contribution in [-0.2, 0) is 20.9 Å². The van der Waals surface area contributed by atoms with Gasteiger partial charge in [0.1, 0.15) is 17.4 Å². The van der Waals surface area contributed by atoms with Crippen LogP contribution in [-0.4, -0.2) is 42.3 Å². The fourth-order valence-corrected chi connectivity index (χ4v) is 5.10. The molecule has 1 fully saturated rings. The van der Waals surface area contributed by atoms with Crippen molar-refractivity contribution >= 4 is 34.4 Å². The van der Waals surface area contributed by atoms with E-state index in [0.29, 0.717) is 24.1 Å². The Morgan fingerprint density at radius 2 is 1.87 bits per heavy atom. The second kappa shape index (κ2) is 12.8. The number of aliphatic carboxylic acids is 1. The monoisotopic (exact) mass is 558 g/mol. The molecule has 0 radical (unpaired) electrons. The SMILES string of the molecule is CO/C(=C\c1c(F)cc(C(=O)Nc2nc(-c3cccc(COC4CCCCC4)c3OC)cs2)cc1F)C(=O)O. The molecule has 0 spiro atoms. The summed E-state index contributed by atoms with van der Waals surface area (Å²) in [6.45, 7) is 0.413. The Labute approximate surface area is 228 Å². The quantitative estimate of drug-likeness (QED) is 0.223. The number of carbonyl (C=O) groups is 2. The number of methoxy groups -OCH3 is 2. The van der Waals surface area contributed by atoms with Gasteiger partial charge in [-0.05, 0) is 31.0 Å². The van der Waals surface area contributed by atoms with Gasteiger partial charge in [0.25, 0.3) is 5.91 Å². The Balaban J connectivity index is 1.50. The van der Waals surface area contributed by atoms with Crippen LogP contribution in [0.4, 0.5) is 13.9 Å². The molecule has 0 saturated heterocycles. The maximum Gasteiger partial charge on any atom is 0.371 e. The molecule has 1 aromatic heterocycles. The number of nitrogens with zero attached hydrogens (tertiary/aromatic N) is 1. The van der Waals surface area contributed by atoms with Gasteiger partial charge in [0.2, 0.25) is 5.76 Å². The van der Waals surface area contributed by atoms with Crippen molar-refractivity contribution in [3.05, 3.63) is 69.8 Å². The van der Waals surface area contributed by atoms with Crippen LogP contribution in [0.25, 0.3) is 17.3 Å². The lowest BCUT2D eigenvalue weighted by atomic mass is 9.98. The molecule has 3 aromatic rings. The van der Waals surface area contributed by atoms with Crippen molar-refractivity contribution in [1.82, 2.24) is 4.98 Å². The molecule has 0 aliphatic heterocycles. The zero-order valence-electron chi connectivity index (χ0n) is 21.5. The van der Waals surface area contributed by atoms with Crippen LogP contribution in [0.1, 0.15) is 53.6 Å². The number of para-hydroxylation sites is 1. The third-order valence-corrected chi connectivity index (χ3v) is 7.13. The number of halogens is 2. The fraction of sp³-hybridized carbons (Fsp3) is 0.321. The lowest BCUT2D eigenvalue weighted by Crippen LogP contribution is -2.16. The van der Waals surface area contributed by atoms with E-state index in [1.807, 2.05) is 18.2 Å². The summed E-state index contributed by atoms with van der Waals surface area (Å²) >= 11 is 1.15. The van der Waals surface area contributed by atoms with Crippen LogP contribution in [0.15, 0.2) is 41.5 Å². The second-order valence-electron chi connectivity index (χ2n) is 8.93. The van der Waals surface area contributed by atoms with E-state index in [1.54, 1.807) is 12.5 Å². The number of carbonyl (C=O) groups excluding carboxylic acids is 1. The number of anilines is 1. The van der Waals surface area contributed by atoms with Crippen LogP contribution < -0.4 is 10.1 Å². The number of aromatic nitrogens is 1. The average molecular weight is 559 g/mol. The Bertz CT molecular complexity index is 1360. The van der Waals surface area contributed by atoms with Crippen molar-refractivity contribution in [3.8, 4) is 17.0 Å². The highest BCUT2D eigenvalue weighted by Crippen LogP contribution is 2.36. The van der Waals surface area contributed by atoms with Gasteiger partial charge in [0.05, 0.1) is 32.6 Å². The molecule has 0 unspecified atom stereocenters. The zero-order chi connectivity index (χ0) is 27.9. The van der Waals surface area contributed by atoms with Gasteiger partial charge in [-0.1, -0.05) is 31.4 Å². The minimum atomic E-state index is -1.49. The molecule has 8 nitrogen and oxygen atoms in total. The van der Waals surface area contributed by atoms with Gasteiger partial charge in [-0.15, -0.1) is 11.3 Å². The van der Waals surface area contributed by atoms with E-state index in [9.17, 15) is 18.4 Å². The molecular formula is C28H28F2N2O6S. The smallest absolute Gasteiger partial charge is 0.371 e. The van der Waals surface area contributed by atoms with E-state index in [-0.39, 0.29) is 16.8 Å². The summed E-state index contributed by atoms with van der Waals surface area (Å²) in [6, 6.07) is 7.30. The number of nitrogens with one attached hydrogen (secondary N) is 1. The predicted molar refractivity (Wildman–Crippen MR) is 143 cm³/mol. The summed E-state index contributed by atoms with van der Waals surface area (Å²) in [6.07, 6.45) is 6.66. The van der Waals surface area contributed by atoms with E-state index in [4.69, 9.17) is 14.6 Å². The van der Waals surface area contributed by atoms with Crippen LogP contribution >= 0.6 is 11.3 Å². The third kappa shape index (κ3) is 6.79. The van der Waals surface area contributed by atoms with Crippen LogP contribution in [0.2, 0.25) is 0 Å². The fourth-order valence-electron chi connectivity index (χ4n) is 4.40. The van der Waals surface area contributed by atoms with Crippen molar-refractivity contribution < 1.29 is 37.7 Å². The molecule has 2 N–H and O–H groups in total. The summed E-state index contributed by atoms with van der Waals surface area (Å²) < 4.78 is 45.5. The van der Waals surface area contributed by atoms with Crippen molar-refractivity contribution in [1.29, 1.82) is 0 Å². The Morgan fingerprint density at radius 3 is 2.51 bits per heavy atom.